The number of anilines is 1. The molecule has 0 aliphatic heterocycles. The minimum Gasteiger partial charge on any atom is -0.355 e. The molecule has 18 heavy (non-hydrogen) atoms. The fourth-order valence-electron chi connectivity index (χ4n) is 1.82. The molecule has 2 rings (SSSR count). The standard InChI is InChI=1S/C14H18ClN3/c1-3-4-8-16-14-17-9-10-18(14)12-7-5-6-11(2)13(12)15/h5-7,9-10H,3-4,8H2,1-2H3,(H,16,17). The lowest BCUT2D eigenvalue weighted by atomic mass is 10.2. The van der Waals surface area contributed by atoms with Gasteiger partial charge in [-0.25, -0.2) is 4.98 Å². The van der Waals surface area contributed by atoms with Gasteiger partial charge in [-0.05, 0) is 25.0 Å². The zero-order valence-corrected chi connectivity index (χ0v) is 11.5. The van der Waals surface area contributed by atoms with Crippen LogP contribution in [0.1, 0.15) is 25.3 Å². The third kappa shape index (κ3) is 2.67. The van der Waals surface area contributed by atoms with Gasteiger partial charge in [-0.2, -0.15) is 0 Å². The molecule has 3 nitrogen and oxygen atoms in total. The van der Waals surface area contributed by atoms with Crippen LogP contribution in [0.4, 0.5) is 5.95 Å². The molecule has 0 saturated heterocycles. The number of nitrogens with zero attached hydrogens (tertiary/aromatic N) is 2. The van der Waals surface area contributed by atoms with Crippen molar-refractivity contribution in [1.29, 1.82) is 0 Å². The maximum Gasteiger partial charge on any atom is 0.207 e. The van der Waals surface area contributed by atoms with Gasteiger partial charge in [-0.3, -0.25) is 4.57 Å². The molecule has 0 aliphatic rings. The first-order chi connectivity index (χ1) is 8.74. The highest BCUT2D eigenvalue weighted by molar-refractivity contribution is 6.33. The lowest BCUT2D eigenvalue weighted by Crippen LogP contribution is -2.07. The number of hydrogen-bond acceptors (Lipinski definition) is 2. The molecule has 4 heteroatoms. The maximum atomic E-state index is 6.34. The fourth-order valence-corrected chi connectivity index (χ4v) is 2.04. The van der Waals surface area contributed by atoms with E-state index in [4.69, 9.17) is 11.6 Å². The molecule has 0 fully saturated rings. The highest BCUT2D eigenvalue weighted by atomic mass is 35.5. The van der Waals surface area contributed by atoms with E-state index in [9.17, 15) is 0 Å². The second kappa shape index (κ2) is 5.91. The average molecular weight is 264 g/mol. The monoisotopic (exact) mass is 263 g/mol. The average Bonchev–Trinajstić information content (AvgIpc) is 2.81. The first-order valence-electron chi connectivity index (χ1n) is 6.26. The molecule has 1 N–H and O–H groups in total. The summed E-state index contributed by atoms with van der Waals surface area (Å²) < 4.78 is 1.99. The summed E-state index contributed by atoms with van der Waals surface area (Å²) in [5.41, 5.74) is 2.04. The van der Waals surface area contributed by atoms with Crippen LogP contribution >= 0.6 is 11.6 Å². The van der Waals surface area contributed by atoms with E-state index in [-0.39, 0.29) is 0 Å². The van der Waals surface area contributed by atoms with Crippen LogP contribution in [-0.2, 0) is 0 Å². The minimum atomic E-state index is 0.772. The molecule has 0 bridgehead atoms. The van der Waals surface area contributed by atoms with Gasteiger partial charge >= 0.3 is 0 Å². The van der Waals surface area contributed by atoms with Crippen molar-refractivity contribution in [3.05, 3.63) is 41.2 Å². The van der Waals surface area contributed by atoms with E-state index in [1.54, 1.807) is 6.20 Å². The lowest BCUT2D eigenvalue weighted by Gasteiger charge is -2.12. The third-order valence-corrected chi connectivity index (χ3v) is 3.38. The summed E-state index contributed by atoms with van der Waals surface area (Å²) in [6.07, 6.45) is 6.01. The number of aromatic nitrogens is 2. The van der Waals surface area contributed by atoms with Gasteiger partial charge in [0, 0.05) is 18.9 Å². The van der Waals surface area contributed by atoms with Crippen molar-refractivity contribution in [3.8, 4) is 5.69 Å². The Morgan fingerprint density at radius 3 is 3.00 bits per heavy atom. The largest absolute Gasteiger partial charge is 0.355 e. The lowest BCUT2D eigenvalue weighted by molar-refractivity contribution is 0.823. The summed E-state index contributed by atoms with van der Waals surface area (Å²) in [5.74, 6) is 0.843. The van der Waals surface area contributed by atoms with Crippen molar-refractivity contribution in [2.45, 2.75) is 26.7 Å². The predicted octanol–water partition coefficient (Wildman–Crippen LogP) is 4.05. The van der Waals surface area contributed by atoms with Gasteiger partial charge in [-0.15, -0.1) is 0 Å². The number of halogens is 1. The van der Waals surface area contributed by atoms with E-state index in [1.165, 1.54) is 6.42 Å². The van der Waals surface area contributed by atoms with Gasteiger partial charge in [0.05, 0.1) is 10.7 Å². The Morgan fingerprint density at radius 2 is 2.22 bits per heavy atom. The number of benzene rings is 1. The van der Waals surface area contributed by atoms with Crippen LogP contribution in [-0.4, -0.2) is 16.1 Å². The molecule has 96 valence electrons. The third-order valence-electron chi connectivity index (χ3n) is 2.89. The molecular weight excluding hydrogens is 246 g/mol. The van der Waals surface area contributed by atoms with Gasteiger partial charge in [0.15, 0.2) is 0 Å². The highest BCUT2D eigenvalue weighted by Crippen LogP contribution is 2.26. The number of aryl methyl sites for hydroxylation is 1. The SMILES string of the molecule is CCCCNc1nccn1-c1cccc(C)c1Cl. The molecule has 1 heterocycles. The van der Waals surface area contributed by atoms with Crippen LogP contribution < -0.4 is 5.32 Å². The summed E-state index contributed by atoms with van der Waals surface area (Å²) in [7, 11) is 0. The molecule has 0 spiro atoms. The number of hydrogen-bond donors (Lipinski definition) is 1. The van der Waals surface area contributed by atoms with Crippen LogP contribution in [0.15, 0.2) is 30.6 Å². The van der Waals surface area contributed by atoms with Crippen molar-refractivity contribution in [2.24, 2.45) is 0 Å². The first-order valence-corrected chi connectivity index (χ1v) is 6.64. The highest BCUT2D eigenvalue weighted by Gasteiger charge is 2.09. The Bertz CT molecular complexity index is 520. The summed E-state index contributed by atoms with van der Waals surface area (Å²) in [6, 6.07) is 6.02. The van der Waals surface area contributed by atoms with E-state index in [1.807, 2.05) is 35.9 Å². The zero-order valence-electron chi connectivity index (χ0n) is 10.8. The Hall–Kier alpha value is -1.48. The Balaban J connectivity index is 2.28. The molecule has 0 amide bonds. The summed E-state index contributed by atoms with van der Waals surface area (Å²) >= 11 is 6.34. The Kier molecular flexibility index (Phi) is 4.26. The van der Waals surface area contributed by atoms with Gasteiger partial charge in [0.1, 0.15) is 0 Å². The topological polar surface area (TPSA) is 29.9 Å². The Labute approximate surface area is 113 Å². The quantitative estimate of drug-likeness (QED) is 0.825. The van der Waals surface area contributed by atoms with Crippen molar-refractivity contribution in [3.63, 3.8) is 0 Å². The van der Waals surface area contributed by atoms with Crippen LogP contribution in [0.25, 0.3) is 5.69 Å². The molecule has 0 aliphatic carbocycles. The van der Waals surface area contributed by atoms with Crippen molar-refractivity contribution in [2.75, 3.05) is 11.9 Å². The Morgan fingerprint density at radius 1 is 1.39 bits per heavy atom. The summed E-state index contributed by atoms with van der Waals surface area (Å²) in [4.78, 5) is 4.33. The van der Waals surface area contributed by atoms with Gasteiger partial charge < -0.3 is 5.32 Å². The molecule has 0 saturated carbocycles. The molecular formula is C14H18ClN3. The molecule has 1 aromatic heterocycles. The first kappa shape index (κ1) is 13.0. The van der Waals surface area contributed by atoms with Crippen molar-refractivity contribution < 1.29 is 0 Å². The smallest absolute Gasteiger partial charge is 0.207 e. The van der Waals surface area contributed by atoms with Gasteiger partial charge in [-0.1, -0.05) is 37.1 Å². The van der Waals surface area contributed by atoms with E-state index < -0.39 is 0 Å². The second-order valence-corrected chi connectivity index (χ2v) is 4.69. The number of rotatable bonds is 5. The summed E-state index contributed by atoms with van der Waals surface area (Å²) in [5, 5.41) is 4.10. The molecule has 0 atom stereocenters. The molecule has 1 aromatic carbocycles. The van der Waals surface area contributed by atoms with E-state index in [0.717, 1.165) is 35.2 Å². The molecule has 0 radical (unpaired) electrons. The van der Waals surface area contributed by atoms with Crippen molar-refractivity contribution in [1.82, 2.24) is 9.55 Å². The van der Waals surface area contributed by atoms with E-state index >= 15 is 0 Å². The predicted molar refractivity (Wildman–Crippen MR) is 76.7 cm³/mol. The molecule has 2 aromatic rings. The minimum absolute atomic E-state index is 0.772. The van der Waals surface area contributed by atoms with Gasteiger partial charge in [0.2, 0.25) is 5.95 Å². The number of nitrogens with one attached hydrogen (secondary N) is 1. The second-order valence-electron chi connectivity index (χ2n) is 4.31. The van der Waals surface area contributed by atoms with Gasteiger partial charge in [0.25, 0.3) is 0 Å². The normalized spacial score (nSPS) is 10.6. The van der Waals surface area contributed by atoms with Crippen molar-refractivity contribution >= 4 is 17.5 Å². The van der Waals surface area contributed by atoms with Crippen LogP contribution in [0.2, 0.25) is 5.02 Å². The fraction of sp³-hybridized carbons (Fsp3) is 0.357. The number of imidazole rings is 1. The van der Waals surface area contributed by atoms with E-state index in [2.05, 4.69) is 17.2 Å². The van der Waals surface area contributed by atoms with Crippen LogP contribution in [0.3, 0.4) is 0 Å². The maximum absolute atomic E-state index is 6.34. The van der Waals surface area contributed by atoms with Crippen LogP contribution in [0.5, 0.6) is 0 Å². The summed E-state index contributed by atoms with van der Waals surface area (Å²) in [6.45, 7) is 5.11. The van der Waals surface area contributed by atoms with E-state index in [0.29, 0.717) is 0 Å². The zero-order chi connectivity index (χ0) is 13.0. The van der Waals surface area contributed by atoms with Crippen LogP contribution in [0, 0.1) is 6.92 Å². The molecule has 0 unspecified atom stereocenters. The number of unbranched alkanes of at least 4 members (excludes halogenated alkanes) is 1.